The summed E-state index contributed by atoms with van der Waals surface area (Å²) in [7, 11) is 0. The van der Waals surface area contributed by atoms with Crippen LogP contribution in [0, 0.1) is 5.82 Å². The average Bonchev–Trinajstić information content (AvgIpc) is 2.29. The Morgan fingerprint density at radius 1 is 1.00 bits per heavy atom. The van der Waals surface area contributed by atoms with E-state index in [1.807, 2.05) is 18.2 Å². The minimum atomic E-state index is -0.293. The van der Waals surface area contributed by atoms with Crippen LogP contribution in [0.2, 0.25) is 0 Å². The minimum absolute atomic E-state index is 0.257. The van der Waals surface area contributed by atoms with Crippen molar-refractivity contribution in [3.05, 3.63) is 68.4 Å². The maximum Gasteiger partial charge on any atom is 0.123 e. The van der Waals surface area contributed by atoms with Crippen molar-refractivity contribution < 1.29 is 4.39 Å². The molecule has 0 aliphatic carbocycles. The van der Waals surface area contributed by atoms with Gasteiger partial charge in [-0.15, -0.1) is 11.6 Å². The number of rotatable bonds is 2. The van der Waals surface area contributed by atoms with E-state index in [1.54, 1.807) is 12.1 Å². The zero-order valence-electron chi connectivity index (χ0n) is 8.63. The van der Waals surface area contributed by atoms with E-state index in [0.29, 0.717) is 0 Å². The van der Waals surface area contributed by atoms with Gasteiger partial charge in [0.15, 0.2) is 0 Å². The Kier molecular flexibility index (Phi) is 4.23. The van der Waals surface area contributed by atoms with Crippen LogP contribution in [0.25, 0.3) is 0 Å². The van der Waals surface area contributed by atoms with Gasteiger partial charge in [-0.2, -0.15) is 0 Å². The largest absolute Gasteiger partial charge is 0.207 e. The number of alkyl halides is 1. The van der Waals surface area contributed by atoms with Crippen molar-refractivity contribution >= 4 is 43.5 Å². The Morgan fingerprint density at radius 3 is 2.24 bits per heavy atom. The van der Waals surface area contributed by atoms with Crippen LogP contribution in [-0.4, -0.2) is 0 Å². The first-order valence-corrected chi connectivity index (χ1v) is 6.94. The van der Waals surface area contributed by atoms with Gasteiger partial charge in [-0.25, -0.2) is 4.39 Å². The maximum atomic E-state index is 12.8. The van der Waals surface area contributed by atoms with E-state index in [1.165, 1.54) is 12.1 Å². The van der Waals surface area contributed by atoms with Gasteiger partial charge in [0.05, 0.1) is 5.38 Å². The summed E-state index contributed by atoms with van der Waals surface area (Å²) in [6.07, 6.45) is 0. The first-order valence-electron chi connectivity index (χ1n) is 4.92. The first-order chi connectivity index (χ1) is 8.08. The predicted molar refractivity (Wildman–Crippen MR) is 75.9 cm³/mol. The van der Waals surface area contributed by atoms with Gasteiger partial charge in [0.25, 0.3) is 0 Å². The molecule has 0 heterocycles. The number of benzene rings is 2. The molecule has 4 heteroatoms. The van der Waals surface area contributed by atoms with Crippen LogP contribution in [0.5, 0.6) is 0 Å². The summed E-state index contributed by atoms with van der Waals surface area (Å²) >= 11 is 13.2. The fourth-order valence-electron chi connectivity index (χ4n) is 1.52. The molecule has 0 saturated heterocycles. The molecule has 2 aromatic rings. The van der Waals surface area contributed by atoms with Crippen molar-refractivity contribution in [3.8, 4) is 0 Å². The third-order valence-electron chi connectivity index (χ3n) is 2.40. The zero-order valence-corrected chi connectivity index (χ0v) is 12.6. The van der Waals surface area contributed by atoms with Crippen LogP contribution in [0.3, 0.4) is 0 Å². The third kappa shape index (κ3) is 3.09. The molecule has 0 radical (unpaired) electrons. The molecule has 1 unspecified atom stereocenters. The first kappa shape index (κ1) is 13.1. The van der Waals surface area contributed by atoms with Gasteiger partial charge in [-0.05, 0) is 35.4 Å². The summed E-state index contributed by atoms with van der Waals surface area (Å²) in [6, 6.07) is 12.0. The smallest absolute Gasteiger partial charge is 0.123 e. The maximum absolute atomic E-state index is 12.8. The van der Waals surface area contributed by atoms with Crippen molar-refractivity contribution in [2.24, 2.45) is 0 Å². The molecule has 0 spiro atoms. The second-order valence-corrected chi connectivity index (χ2v) is 5.79. The highest BCUT2D eigenvalue weighted by Gasteiger charge is 2.14. The normalized spacial score (nSPS) is 12.5. The fraction of sp³-hybridized carbons (Fsp3) is 0.0769. The molecule has 0 saturated carbocycles. The molecule has 0 aliphatic heterocycles. The van der Waals surface area contributed by atoms with Crippen molar-refractivity contribution in [2.45, 2.75) is 5.38 Å². The Bertz CT molecular complexity index is 525. The van der Waals surface area contributed by atoms with E-state index in [0.717, 1.165) is 20.1 Å². The monoisotopic (exact) mass is 376 g/mol. The van der Waals surface area contributed by atoms with E-state index >= 15 is 0 Å². The highest BCUT2D eigenvalue weighted by Crippen LogP contribution is 2.35. The Morgan fingerprint density at radius 2 is 1.65 bits per heavy atom. The van der Waals surface area contributed by atoms with Crippen molar-refractivity contribution in [1.29, 1.82) is 0 Å². The van der Waals surface area contributed by atoms with Gasteiger partial charge in [0.2, 0.25) is 0 Å². The summed E-state index contributed by atoms with van der Waals surface area (Å²) < 4.78 is 14.7. The molecule has 0 fully saturated rings. The van der Waals surface area contributed by atoms with Crippen LogP contribution in [0.1, 0.15) is 16.5 Å². The third-order valence-corrected chi connectivity index (χ3v) is 4.07. The highest BCUT2D eigenvalue weighted by molar-refractivity contribution is 9.11. The van der Waals surface area contributed by atoms with Crippen LogP contribution in [0.15, 0.2) is 51.4 Å². The van der Waals surface area contributed by atoms with Crippen molar-refractivity contribution in [3.63, 3.8) is 0 Å². The Balaban J connectivity index is 2.36. The van der Waals surface area contributed by atoms with Gasteiger partial charge >= 0.3 is 0 Å². The Hall–Kier alpha value is -0.380. The summed E-state index contributed by atoms with van der Waals surface area (Å²) in [4.78, 5) is 0. The minimum Gasteiger partial charge on any atom is -0.207 e. The molecule has 0 bridgehead atoms. The molecule has 2 aromatic carbocycles. The molecule has 0 aliphatic rings. The predicted octanol–water partition coefficient (Wildman–Crippen LogP) is 5.68. The van der Waals surface area contributed by atoms with E-state index in [-0.39, 0.29) is 11.2 Å². The number of hydrogen-bond donors (Lipinski definition) is 0. The standard InChI is InChI=1S/C13H8Br2ClF/c14-9-3-6-11(12(15)7-9)13(16)8-1-4-10(17)5-2-8/h1-7,13H. The highest BCUT2D eigenvalue weighted by atomic mass is 79.9. The zero-order chi connectivity index (χ0) is 12.4. The summed E-state index contributed by atoms with van der Waals surface area (Å²) in [5.41, 5.74) is 1.83. The van der Waals surface area contributed by atoms with Crippen LogP contribution < -0.4 is 0 Å². The molecule has 0 N–H and O–H groups in total. The summed E-state index contributed by atoms with van der Waals surface area (Å²) in [5, 5.41) is -0.293. The van der Waals surface area contributed by atoms with Gasteiger partial charge in [0.1, 0.15) is 5.82 Å². The van der Waals surface area contributed by atoms with E-state index in [2.05, 4.69) is 31.9 Å². The van der Waals surface area contributed by atoms with Crippen LogP contribution >= 0.6 is 43.5 Å². The second kappa shape index (κ2) is 5.51. The van der Waals surface area contributed by atoms with E-state index < -0.39 is 0 Å². The number of hydrogen-bond acceptors (Lipinski definition) is 0. The van der Waals surface area contributed by atoms with Gasteiger partial charge in [-0.1, -0.05) is 50.1 Å². The van der Waals surface area contributed by atoms with Crippen molar-refractivity contribution in [2.75, 3.05) is 0 Å². The van der Waals surface area contributed by atoms with Crippen molar-refractivity contribution in [1.82, 2.24) is 0 Å². The summed E-state index contributed by atoms with van der Waals surface area (Å²) in [6.45, 7) is 0. The van der Waals surface area contributed by atoms with Gasteiger partial charge in [0, 0.05) is 8.95 Å². The molecule has 0 aromatic heterocycles. The molecule has 1 atom stereocenters. The van der Waals surface area contributed by atoms with E-state index in [9.17, 15) is 4.39 Å². The lowest BCUT2D eigenvalue weighted by Gasteiger charge is -2.12. The molecular weight excluding hydrogens is 370 g/mol. The molecule has 17 heavy (non-hydrogen) atoms. The molecule has 88 valence electrons. The van der Waals surface area contributed by atoms with Gasteiger partial charge in [-0.3, -0.25) is 0 Å². The average molecular weight is 378 g/mol. The molecule has 0 nitrogen and oxygen atoms in total. The topological polar surface area (TPSA) is 0 Å². The van der Waals surface area contributed by atoms with Crippen LogP contribution in [0.4, 0.5) is 4.39 Å². The van der Waals surface area contributed by atoms with Crippen LogP contribution in [-0.2, 0) is 0 Å². The lowest BCUT2D eigenvalue weighted by atomic mass is 10.0. The summed E-state index contributed by atoms with van der Waals surface area (Å²) in [5.74, 6) is -0.257. The molecule has 2 rings (SSSR count). The lowest BCUT2D eigenvalue weighted by molar-refractivity contribution is 0.627. The second-order valence-electron chi connectivity index (χ2n) is 3.58. The van der Waals surface area contributed by atoms with Gasteiger partial charge < -0.3 is 0 Å². The molecule has 0 amide bonds. The Labute approximate surface area is 121 Å². The van der Waals surface area contributed by atoms with E-state index in [4.69, 9.17) is 11.6 Å². The fourth-order valence-corrected chi connectivity index (χ4v) is 3.26. The number of halogens is 4. The molecular formula is C13H8Br2ClF. The lowest BCUT2D eigenvalue weighted by Crippen LogP contribution is -1.94. The SMILES string of the molecule is Fc1ccc(C(Cl)c2ccc(Br)cc2Br)cc1. The quantitative estimate of drug-likeness (QED) is 0.590.